The molecule has 1 aromatic carbocycles. The number of halogens is 2. The molecule has 0 aliphatic heterocycles. The highest BCUT2D eigenvalue weighted by Gasteiger charge is 2.24. The summed E-state index contributed by atoms with van der Waals surface area (Å²) in [5, 5.41) is 18.9. The van der Waals surface area contributed by atoms with Crippen LogP contribution in [0.4, 0.5) is 4.39 Å². The molecular formula is C10H12ClFO3. The molecule has 0 bridgehead atoms. The fraction of sp³-hybridized carbons (Fsp3) is 0.400. The topological polar surface area (TPSA) is 49.7 Å². The smallest absolute Gasteiger partial charge is 0.132 e. The van der Waals surface area contributed by atoms with Gasteiger partial charge in [0.1, 0.15) is 17.7 Å². The highest BCUT2D eigenvalue weighted by atomic mass is 35.5. The molecule has 3 nitrogen and oxygen atoms in total. The molecule has 84 valence electrons. The number of methoxy groups -OCH3 is 1. The number of hydrogen-bond donors (Lipinski definition) is 2. The summed E-state index contributed by atoms with van der Waals surface area (Å²) < 4.78 is 18.3. The van der Waals surface area contributed by atoms with Crippen molar-refractivity contribution in [3.63, 3.8) is 0 Å². The van der Waals surface area contributed by atoms with E-state index in [4.69, 9.17) is 16.3 Å². The van der Waals surface area contributed by atoms with E-state index in [9.17, 15) is 14.6 Å². The van der Waals surface area contributed by atoms with Crippen LogP contribution >= 0.6 is 11.6 Å². The van der Waals surface area contributed by atoms with Gasteiger partial charge in [-0.1, -0.05) is 6.07 Å². The number of benzene rings is 1. The lowest BCUT2D eigenvalue weighted by molar-refractivity contribution is 0.0288. The molecule has 0 fully saturated rings. The molecule has 2 unspecified atom stereocenters. The maximum absolute atomic E-state index is 13.4. The van der Waals surface area contributed by atoms with Crippen molar-refractivity contribution in [3.05, 3.63) is 29.6 Å². The Morgan fingerprint density at radius 1 is 1.47 bits per heavy atom. The number of rotatable bonds is 4. The zero-order chi connectivity index (χ0) is 11.4. The Balaban J connectivity index is 3.10. The molecule has 2 N–H and O–H groups in total. The average molecular weight is 235 g/mol. The molecule has 0 amide bonds. The van der Waals surface area contributed by atoms with Crippen molar-refractivity contribution in [2.75, 3.05) is 13.0 Å². The van der Waals surface area contributed by atoms with Crippen molar-refractivity contribution in [2.24, 2.45) is 0 Å². The number of hydrogen-bond acceptors (Lipinski definition) is 3. The predicted octanol–water partition coefficient (Wildman–Crippen LogP) is 1.47. The lowest BCUT2D eigenvalue weighted by atomic mass is 10.0. The molecule has 15 heavy (non-hydrogen) atoms. The van der Waals surface area contributed by atoms with Gasteiger partial charge in [-0.15, -0.1) is 11.6 Å². The third kappa shape index (κ3) is 2.59. The van der Waals surface area contributed by atoms with Gasteiger partial charge in [0.2, 0.25) is 0 Å². The molecular weight excluding hydrogens is 223 g/mol. The third-order valence-corrected chi connectivity index (χ3v) is 2.37. The van der Waals surface area contributed by atoms with Crippen LogP contribution in [0, 0.1) is 5.82 Å². The summed E-state index contributed by atoms with van der Waals surface area (Å²) in [5.41, 5.74) is -0.0758. The van der Waals surface area contributed by atoms with E-state index in [0.717, 1.165) is 0 Å². The fourth-order valence-corrected chi connectivity index (χ4v) is 1.43. The zero-order valence-corrected chi connectivity index (χ0v) is 8.91. The van der Waals surface area contributed by atoms with E-state index in [-0.39, 0.29) is 17.2 Å². The molecule has 0 heterocycles. The summed E-state index contributed by atoms with van der Waals surface area (Å²) in [6.45, 7) is 0. The van der Waals surface area contributed by atoms with E-state index in [1.54, 1.807) is 0 Å². The molecule has 1 aromatic rings. The second-order valence-corrected chi connectivity index (χ2v) is 3.33. The van der Waals surface area contributed by atoms with Crippen LogP contribution in [0.2, 0.25) is 0 Å². The lowest BCUT2D eigenvalue weighted by Gasteiger charge is -2.18. The summed E-state index contributed by atoms with van der Waals surface area (Å²) in [7, 11) is 1.36. The molecule has 0 aliphatic carbocycles. The Kier molecular flexibility index (Phi) is 4.32. The normalized spacial score (nSPS) is 14.7. The molecule has 0 aromatic heterocycles. The van der Waals surface area contributed by atoms with Crippen LogP contribution in [0.25, 0.3) is 0 Å². The fourth-order valence-electron chi connectivity index (χ4n) is 1.26. The number of ether oxygens (including phenoxy) is 1. The van der Waals surface area contributed by atoms with Crippen molar-refractivity contribution >= 4 is 11.6 Å². The first-order chi connectivity index (χ1) is 7.11. The summed E-state index contributed by atoms with van der Waals surface area (Å²) in [5.74, 6) is -0.628. The van der Waals surface area contributed by atoms with Crippen LogP contribution < -0.4 is 4.74 Å². The van der Waals surface area contributed by atoms with Gasteiger partial charge in [-0.25, -0.2) is 4.39 Å². The largest absolute Gasteiger partial charge is 0.496 e. The van der Waals surface area contributed by atoms with Gasteiger partial charge in [-0.05, 0) is 12.1 Å². The molecule has 5 heteroatoms. The van der Waals surface area contributed by atoms with Gasteiger partial charge >= 0.3 is 0 Å². The first-order valence-corrected chi connectivity index (χ1v) is 4.89. The molecule has 0 saturated heterocycles. The standard InChI is InChI=1S/C10H12ClFO3/c1-15-8-4-2-3-6(12)9(8)10(14)7(13)5-11/h2-4,7,10,13-14H,5H2,1H3. The molecule has 0 aliphatic rings. The van der Waals surface area contributed by atoms with Crippen molar-refractivity contribution < 1.29 is 19.3 Å². The second-order valence-electron chi connectivity index (χ2n) is 3.02. The highest BCUT2D eigenvalue weighted by molar-refractivity contribution is 6.18. The molecule has 0 spiro atoms. The van der Waals surface area contributed by atoms with Gasteiger partial charge in [0.15, 0.2) is 0 Å². The number of alkyl halides is 1. The summed E-state index contributed by atoms with van der Waals surface area (Å²) in [6, 6.07) is 4.14. The SMILES string of the molecule is COc1cccc(F)c1C(O)C(O)CCl. The average Bonchev–Trinajstić information content (AvgIpc) is 2.26. The van der Waals surface area contributed by atoms with Crippen molar-refractivity contribution in [1.82, 2.24) is 0 Å². The van der Waals surface area contributed by atoms with Gasteiger partial charge in [0.05, 0.1) is 24.7 Å². The molecule has 2 atom stereocenters. The van der Waals surface area contributed by atoms with Crippen molar-refractivity contribution in [3.8, 4) is 5.75 Å². The minimum absolute atomic E-state index is 0.0758. The van der Waals surface area contributed by atoms with E-state index in [1.165, 1.54) is 25.3 Å². The van der Waals surface area contributed by atoms with E-state index in [0.29, 0.717) is 0 Å². The summed E-state index contributed by atoms with van der Waals surface area (Å²) in [6.07, 6.45) is -2.61. The van der Waals surface area contributed by atoms with Crippen molar-refractivity contribution in [1.29, 1.82) is 0 Å². The summed E-state index contributed by atoms with van der Waals surface area (Å²) >= 11 is 5.37. The van der Waals surface area contributed by atoms with E-state index >= 15 is 0 Å². The Morgan fingerprint density at radius 2 is 2.13 bits per heavy atom. The second kappa shape index (κ2) is 5.30. The van der Waals surface area contributed by atoms with Gasteiger partial charge in [0.25, 0.3) is 0 Å². The van der Waals surface area contributed by atoms with Crippen LogP contribution in [0.3, 0.4) is 0 Å². The zero-order valence-electron chi connectivity index (χ0n) is 8.15. The maximum atomic E-state index is 13.4. The van der Waals surface area contributed by atoms with Gasteiger partial charge in [-0.2, -0.15) is 0 Å². The Morgan fingerprint density at radius 3 is 2.67 bits per heavy atom. The third-order valence-electron chi connectivity index (χ3n) is 2.05. The van der Waals surface area contributed by atoms with Gasteiger partial charge in [-0.3, -0.25) is 0 Å². The van der Waals surface area contributed by atoms with Crippen LogP contribution in [0.15, 0.2) is 18.2 Å². The van der Waals surface area contributed by atoms with Gasteiger partial charge < -0.3 is 14.9 Å². The maximum Gasteiger partial charge on any atom is 0.132 e. The van der Waals surface area contributed by atoms with Gasteiger partial charge in [0, 0.05) is 0 Å². The molecule has 0 radical (unpaired) electrons. The van der Waals surface area contributed by atoms with Crippen molar-refractivity contribution in [2.45, 2.75) is 12.2 Å². The Hall–Kier alpha value is -0.840. The first kappa shape index (κ1) is 12.2. The van der Waals surface area contributed by atoms with Crippen LogP contribution in [-0.4, -0.2) is 29.3 Å². The van der Waals surface area contributed by atoms with E-state index < -0.39 is 18.0 Å². The van der Waals surface area contributed by atoms with Crippen LogP contribution in [0.1, 0.15) is 11.7 Å². The van der Waals surface area contributed by atoms with Crippen LogP contribution in [0.5, 0.6) is 5.75 Å². The minimum Gasteiger partial charge on any atom is -0.496 e. The monoisotopic (exact) mass is 234 g/mol. The quantitative estimate of drug-likeness (QED) is 0.776. The highest BCUT2D eigenvalue weighted by Crippen LogP contribution is 2.29. The van der Waals surface area contributed by atoms with Crippen LogP contribution in [-0.2, 0) is 0 Å². The first-order valence-electron chi connectivity index (χ1n) is 4.36. The number of aliphatic hydroxyl groups is 2. The lowest BCUT2D eigenvalue weighted by Crippen LogP contribution is -2.21. The van der Waals surface area contributed by atoms with E-state index in [2.05, 4.69) is 0 Å². The molecule has 1 rings (SSSR count). The molecule has 0 saturated carbocycles. The van der Waals surface area contributed by atoms with E-state index in [1.807, 2.05) is 0 Å². The summed E-state index contributed by atoms with van der Waals surface area (Å²) in [4.78, 5) is 0. The Bertz CT molecular complexity index is 332. The Labute approximate surface area is 92.1 Å². The minimum atomic E-state index is -1.39. The number of aliphatic hydroxyl groups excluding tert-OH is 2. The predicted molar refractivity (Wildman–Crippen MR) is 54.6 cm³/mol.